The first-order chi connectivity index (χ1) is 6.15. The van der Waals surface area contributed by atoms with Crippen molar-refractivity contribution in [3.8, 4) is 5.75 Å². The Kier molecular flexibility index (Phi) is 3.54. The van der Waals surface area contributed by atoms with Gasteiger partial charge in [0, 0.05) is 23.2 Å². The van der Waals surface area contributed by atoms with Gasteiger partial charge >= 0.3 is 0 Å². The second-order valence-corrected chi connectivity index (χ2v) is 3.26. The van der Waals surface area contributed by atoms with Crippen molar-refractivity contribution in [2.45, 2.75) is 12.5 Å². The van der Waals surface area contributed by atoms with Gasteiger partial charge in [0.25, 0.3) is 0 Å². The Labute approximate surface area is 81.8 Å². The van der Waals surface area contributed by atoms with E-state index in [4.69, 9.17) is 22.4 Å². The van der Waals surface area contributed by atoms with Gasteiger partial charge in [0.2, 0.25) is 0 Å². The summed E-state index contributed by atoms with van der Waals surface area (Å²) in [7, 11) is 0. The number of phenols is 1. The zero-order valence-electron chi connectivity index (χ0n) is 7.07. The molecule has 0 aliphatic carbocycles. The van der Waals surface area contributed by atoms with Crippen molar-refractivity contribution in [2.24, 2.45) is 5.73 Å². The van der Waals surface area contributed by atoms with Gasteiger partial charge in [0.1, 0.15) is 5.75 Å². The van der Waals surface area contributed by atoms with Crippen molar-refractivity contribution in [3.05, 3.63) is 28.8 Å². The second kappa shape index (κ2) is 4.46. The van der Waals surface area contributed by atoms with Crippen molar-refractivity contribution in [2.75, 3.05) is 6.61 Å². The number of aliphatic hydroxyl groups excluding tert-OH is 1. The van der Waals surface area contributed by atoms with Crippen LogP contribution in [0, 0.1) is 0 Å². The highest BCUT2D eigenvalue weighted by molar-refractivity contribution is 6.30. The number of nitrogens with two attached hydrogens (primary N) is 1. The molecule has 0 aromatic heterocycles. The standard InChI is InChI=1S/C9H12ClNO2/c10-6-1-2-9(13)7(5-6)8(11)3-4-12/h1-2,5,8,12-13H,3-4,11H2/t8-/m1/s1. The summed E-state index contributed by atoms with van der Waals surface area (Å²) in [6.45, 7) is -0.00683. The number of rotatable bonds is 3. The normalized spacial score (nSPS) is 12.8. The lowest BCUT2D eigenvalue weighted by Gasteiger charge is -2.12. The van der Waals surface area contributed by atoms with Gasteiger partial charge in [-0.3, -0.25) is 0 Å². The van der Waals surface area contributed by atoms with Crippen molar-refractivity contribution in [1.82, 2.24) is 0 Å². The highest BCUT2D eigenvalue weighted by atomic mass is 35.5. The van der Waals surface area contributed by atoms with E-state index in [0.29, 0.717) is 17.0 Å². The molecule has 0 heterocycles. The summed E-state index contributed by atoms with van der Waals surface area (Å²) < 4.78 is 0. The summed E-state index contributed by atoms with van der Waals surface area (Å²) in [6.07, 6.45) is 0.411. The monoisotopic (exact) mass is 201 g/mol. The van der Waals surface area contributed by atoms with Crippen LogP contribution in [0.5, 0.6) is 5.75 Å². The third kappa shape index (κ3) is 2.59. The van der Waals surface area contributed by atoms with Crippen LogP contribution < -0.4 is 5.73 Å². The molecule has 4 N–H and O–H groups in total. The topological polar surface area (TPSA) is 66.5 Å². The van der Waals surface area contributed by atoms with Gasteiger partial charge in [-0.15, -0.1) is 0 Å². The predicted octanol–water partition coefficient (Wildman–Crippen LogP) is 1.43. The number of aromatic hydroxyl groups is 1. The lowest BCUT2D eigenvalue weighted by Crippen LogP contribution is -2.11. The van der Waals surface area contributed by atoms with Crippen molar-refractivity contribution < 1.29 is 10.2 Å². The van der Waals surface area contributed by atoms with Gasteiger partial charge in [-0.25, -0.2) is 0 Å². The maximum Gasteiger partial charge on any atom is 0.120 e. The maximum absolute atomic E-state index is 9.41. The Hall–Kier alpha value is -0.770. The molecule has 0 saturated carbocycles. The number of halogens is 1. The van der Waals surface area contributed by atoms with E-state index in [-0.39, 0.29) is 18.4 Å². The molecule has 1 aromatic carbocycles. The molecular formula is C9H12ClNO2. The van der Waals surface area contributed by atoms with Crippen LogP contribution in [0.25, 0.3) is 0 Å². The van der Waals surface area contributed by atoms with Gasteiger partial charge < -0.3 is 15.9 Å². The van der Waals surface area contributed by atoms with Crippen LogP contribution in [0.3, 0.4) is 0 Å². The average molecular weight is 202 g/mol. The van der Waals surface area contributed by atoms with Gasteiger partial charge in [0.05, 0.1) is 0 Å². The molecule has 0 aliphatic rings. The van der Waals surface area contributed by atoms with E-state index < -0.39 is 0 Å². The molecule has 72 valence electrons. The largest absolute Gasteiger partial charge is 0.508 e. The lowest BCUT2D eigenvalue weighted by atomic mass is 10.0. The summed E-state index contributed by atoms with van der Waals surface area (Å²) in [5.41, 5.74) is 6.27. The SMILES string of the molecule is N[C@H](CCO)c1cc(Cl)ccc1O. The van der Waals surface area contributed by atoms with E-state index >= 15 is 0 Å². The van der Waals surface area contributed by atoms with E-state index in [2.05, 4.69) is 0 Å². The van der Waals surface area contributed by atoms with Crippen LogP contribution in [-0.4, -0.2) is 16.8 Å². The average Bonchev–Trinajstić information content (AvgIpc) is 2.09. The predicted molar refractivity (Wildman–Crippen MR) is 51.7 cm³/mol. The number of phenolic OH excluding ortho intramolecular Hbond substituents is 1. The van der Waals surface area contributed by atoms with Crippen LogP contribution >= 0.6 is 11.6 Å². The van der Waals surface area contributed by atoms with Gasteiger partial charge in [-0.2, -0.15) is 0 Å². The van der Waals surface area contributed by atoms with E-state index in [1.165, 1.54) is 6.07 Å². The van der Waals surface area contributed by atoms with Gasteiger partial charge in [-0.1, -0.05) is 11.6 Å². The molecule has 1 atom stereocenters. The molecular weight excluding hydrogens is 190 g/mol. The van der Waals surface area contributed by atoms with Crippen LogP contribution in [0.2, 0.25) is 5.02 Å². The Bertz CT molecular complexity index is 291. The lowest BCUT2D eigenvalue weighted by molar-refractivity contribution is 0.275. The first-order valence-corrected chi connectivity index (χ1v) is 4.38. The minimum atomic E-state index is -0.372. The smallest absolute Gasteiger partial charge is 0.120 e. The molecule has 1 rings (SSSR count). The Balaban J connectivity index is 2.91. The third-order valence-corrected chi connectivity index (χ3v) is 2.06. The van der Waals surface area contributed by atoms with E-state index in [1.54, 1.807) is 12.1 Å². The van der Waals surface area contributed by atoms with Crippen molar-refractivity contribution in [1.29, 1.82) is 0 Å². The van der Waals surface area contributed by atoms with Crippen LogP contribution in [0.4, 0.5) is 0 Å². The number of hydrogen-bond acceptors (Lipinski definition) is 3. The van der Waals surface area contributed by atoms with Crippen LogP contribution in [0.1, 0.15) is 18.0 Å². The molecule has 0 fully saturated rings. The van der Waals surface area contributed by atoms with E-state index in [1.807, 2.05) is 0 Å². The van der Waals surface area contributed by atoms with E-state index in [0.717, 1.165) is 0 Å². The Morgan fingerprint density at radius 2 is 2.15 bits per heavy atom. The molecule has 0 spiro atoms. The summed E-state index contributed by atoms with van der Waals surface area (Å²) >= 11 is 5.73. The molecule has 1 aromatic rings. The molecule has 0 saturated heterocycles. The molecule has 0 aliphatic heterocycles. The number of aliphatic hydroxyl groups is 1. The molecule has 0 radical (unpaired) electrons. The number of hydrogen-bond donors (Lipinski definition) is 3. The molecule has 0 bridgehead atoms. The number of benzene rings is 1. The maximum atomic E-state index is 9.41. The molecule has 4 heteroatoms. The van der Waals surface area contributed by atoms with Gasteiger partial charge in [0.15, 0.2) is 0 Å². The molecule has 0 unspecified atom stereocenters. The molecule has 3 nitrogen and oxygen atoms in total. The highest BCUT2D eigenvalue weighted by Gasteiger charge is 2.10. The summed E-state index contributed by atoms with van der Waals surface area (Å²) in [4.78, 5) is 0. The fraction of sp³-hybridized carbons (Fsp3) is 0.333. The Morgan fingerprint density at radius 3 is 2.77 bits per heavy atom. The summed E-state index contributed by atoms with van der Waals surface area (Å²) in [6, 6.07) is 4.32. The fourth-order valence-electron chi connectivity index (χ4n) is 1.12. The van der Waals surface area contributed by atoms with Crippen molar-refractivity contribution >= 4 is 11.6 Å². The Morgan fingerprint density at radius 1 is 1.46 bits per heavy atom. The quantitative estimate of drug-likeness (QED) is 0.693. The minimum Gasteiger partial charge on any atom is -0.508 e. The summed E-state index contributed by atoms with van der Waals surface area (Å²) in [5, 5.41) is 18.6. The third-order valence-electron chi connectivity index (χ3n) is 1.83. The fourth-order valence-corrected chi connectivity index (χ4v) is 1.30. The minimum absolute atomic E-state index is 0.00683. The molecule has 0 amide bonds. The van der Waals surface area contributed by atoms with Crippen molar-refractivity contribution in [3.63, 3.8) is 0 Å². The highest BCUT2D eigenvalue weighted by Crippen LogP contribution is 2.27. The zero-order valence-corrected chi connectivity index (χ0v) is 7.83. The molecule has 13 heavy (non-hydrogen) atoms. The zero-order chi connectivity index (χ0) is 9.84. The summed E-state index contributed by atoms with van der Waals surface area (Å²) in [5.74, 6) is 0.116. The van der Waals surface area contributed by atoms with E-state index in [9.17, 15) is 5.11 Å². The van der Waals surface area contributed by atoms with Crippen LogP contribution in [0.15, 0.2) is 18.2 Å². The first-order valence-electron chi connectivity index (χ1n) is 4.00. The first kappa shape index (κ1) is 10.3. The van der Waals surface area contributed by atoms with Gasteiger partial charge in [-0.05, 0) is 24.6 Å². The van der Waals surface area contributed by atoms with Crippen LogP contribution in [-0.2, 0) is 0 Å². The second-order valence-electron chi connectivity index (χ2n) is 2.82.